The zero-order valence-corrected chi connectivity index (χ0v) is 16.2. The number of nitro groups is 1. The summed E-state index contributed by atoms with van der Waals surface area (Å²) in [6.45, 7) is 1.70. The molecule has 3 aromatic rings. The number of rotatable bonds is 4. The molecule has 4 rings (SSSR count). The van der Waals surface area contributed by atoms with Crippen LogP contribution in [0.4, 0.5) is 10.8 Å². The van der Waals surface area contributed by atoms with Crippen LogP contribution in [0.3, 0.4) is 0 Å². The third kappa shape index (κ3) is 3.20. The number of non-ortho nitro benzene ring substituents is 1. The highest BCUT2D eigenvalue weighted by Gasteiger charge is 2.48. The number of benzene rings is 1. The third-order valence-corrected chi connectivity index (χ3v) is 5.38. The number of aliphatic hydroxyl groups excluding tert-OH is 1. The summed E-state index contributed by atoms with van der Waals surface area (Å²) in [5.74, 6) is -2.13. The number of carbonyl (C=O) groups excluding carboxylic acids is 2. The first-order valence-electron chi connectivity index (χ1n) is 8.64. The van der Waals surface area contributed by atoms with Crippen LogP contribution >= 0.6 is 11.3 Å². The minimum absolute atomic E-state index is 0.142. The summed E-state index contributed by atoms with van der Waals surface area (Å²) in [5.41, 5.74) is 0.427. The predicted octanol–water partition coefficient (Wildman–Crippen LogP) is 2.78. The maximum absolute atomic E-state index is 12.9. The standard InChI is InChI=1S/C19H13N5O5S/c1-10-21-22-19(30-10)23-15(11-2-4-13(5-3-11)24(28)29)14(17(26)18(23)27)16(25)12-6-8-20-9-7-12/h2-9,15,25H,1H3/b16-14+. The lowest BCUT2D eigenvalue weighted by Crippen LogP contribution is -2.29. The number of ketones is 1. The van der Waals surface area contributed by atoms with Gasteiger partial charge in [-0.3, -0.25) is 29.6 Å². The maximum Gasteiger partial charge on any atom is 0.301 e. The van der Waals surface area contributed by atoms with Crippen molar-refractivity contribution in [2.75, 3.05) is 4.90 Å². The molecule has 0 bridgehead atoms. The van der Waals surface area contributed by atoms with E-state index in [1.807, 2.05) is 0 Å². The number of aryl methyl sites for hydroxylation is 1. The van der Waals surface area contributed by atoms with Crippen molar-refractivity contribution >= 4 is 39.6 Å². The molecule has 1 saturated heterocycles. The molecule has 1 N–H and O–H groups in total. The molecule has 30 heavy (non-hydrogen) atoms. The highest BCUT2D eigenvalue weighted by Crippen LogP contribution is 2.43. The van der Waals surface area contributed by atoms with Gasteiger partial charge in [0.25, 0.3) is 11.5 Å². The van der Waals surface area contributed by atoms with Crippen LogP contribution in [0.5, 0.6) is 0 Å². The van der Waals surface area contributed by atoms with Crippen molar-refractivity contribution in [3.05, 3.63) is 80.6 Å². The number of Topliss-reactive ketones (excluding diaryl/α,β-unsaturated/α-hetero) is 1. The lowest BCUT2D eigenvalue weighted by Gasteiger charge is -2.22. The van der Waals surface area contributed by atoms with E-state index in [-0.39, 0.29) is 22.2 Å². The van der Waals surface area contributed by atoms with Gasteiger partial charge in [0.1, 0.15) is 10.8 Å². The number of hydrogen-bond acceptors (Lipinski definition) is 9. The summed E-state index contributed by atoms with van der Waals surface area (Å²) in [6.07, 6.45) is 2.89. The first-order chi connectivity index (χ1) is 14.4. The van der Waals surface area contributed by atoms with Gasteiger partial charge in [0.05, 0.1) is 16.5 Å². The largest absolute Gasteiger partial charge is 0.507 e. The molecule has 150 valence electrons. The molecule has 1 amide bonds. The molecule has 1 aliphatic rings. The lowest BCUT2D eigenvalue weighted by molar-refractivity contribution is -0.384. The molecule has 1 fully saturated rings. The van der Waals surface area contributed by atoms with Crippen molar-refractivity contribution < 1.29 is 19.6 Å². The monoisotopic (exact) mass is 423 g/mol. The van der Waals surface area contributed by atoms with Crippen molar-refractivity contribution in [2.24, 2.45) is 0 Å². The number of carbonyl (C=O) groups is 2. The molecule has 11 heteroatoms. The average Bonchev–Trinajstić information content (AvgIpc) is 3.29. The Kier molecular flexibility index (Phi) is 4.80. The Morgan fingerprint density at radius 1 is 1.13 bits per heavy atom. The van der Waals surface area contributed by atoms with Gasteiger partial charge in [-0.15, -0.1) is 10.2 Å². The van der Waals surface area contributed by atoms with Gasteiger partial charge in [-0.05, 0) is 36.8 Å². The fraction of sp³-hybridized carbons (Fsp3) is 0.105. The molecule has 10 nitrogen and oxygen atoms in total. The number of pyridine rings is 1. The van der Waals surface area contributed by atoms with Gasteiger partial charge in [-0.25, -0.2) is 0 Å². The number of aromatic nitrogens is 3. The lowest BCUT2D eigenvalue weighted by atomic mass is 9.95. The van der Waals surface area contributed by atoms with E-state index in [9.17, 15) is 24.8 Å². The number of aliphatic hydroxyl groups is 1. The van der Waals surface area contributed by atoms with E-state index in [4.69, 9.17) is 0 Å². The summed E-state index contributed by atoms with van der Waals surface area (Å²) < 4.78 is 0. The summed E-state index contributed by atoms with van der Waals surface area (Å²) in [6, 6.07) is 7.41. The normalized spacial score (nSPS) is 18.0. The van der Waals surface area contributed by atoms with Crippen LogP contribution < -0.4 is 4.90 Å². The smallest absolute Gasteiger partial charge is 0.301 e. The second-order valence-corrected chi connectivity index (χ2v) is 7.52. The number of nitrogens with zero attached hydrogens (tertiary/aromatic N) is 5. The number of anilines is 1. The molecular weight excluding hydrogens is 410 g/mol. The van der Waals surface area contributed by atoms with Crippen molar-refractivity contribution in [3.8, 4) is 0 Å². The molecule has 0 radical (unpaired) electrons. The van der Waals surface area contributed by atoms with Gasteiger partial charge in [-0.2, -0.15) is 0 Å². The second kappa shape index (κ2) is 7.44. The van der Waals surface area contributed by atoms with Crippen LogP contribution in [0.2, 0.25) is 0 Å². The van der Waals surface area contributed by atoms with E-state index in [0.717, 1.165) is 16.2 Å². The van der Waals surface area contributed by atoms with Crippen molar-refractivity contribution in [1.82, 2.24) is 15.2 Å². The maximum atomic E-state index is 12.9. The molecule has 1 aliphatic heterocycles. The summed E-state index contributed by atoms with van der Waals surface area (Å²) in [7, 11) is 0. The summed E-state index contributed by atoms with van der Waals surface area (Å²) in [5, 5.41) is 30.5. The zero-order valence-electron chi connectivity index (χ0n) is 15.4. The first-order valence-corrected chi connectivity index (χ1v) is 9.46. The molecule has 1 atom stereocenters. The molecule has 0 aliphatic carbocycles. The van der Waals surface area contributed by atoms with Crippen molar-refractivity contribution in [2.45, 2.75) is 13.0 Å². The molecule has 3 heterocycles. The Balaban J connectivity index is 1.93. The SMILES string of the molecule is Cc1nnc(N2C(=O)C(=O)/C(=C(/O)c3ccncc3)C2c2ccc([N+](=O)[O-])cc2)s1. The van der Waals surface area contributed by atoms with Crippen LogP contribution in [0.15, 0.2) is 54.4 Å². The van der Waals surface area contributed by atoms with Crippen LogP contribution in [-0.2, 0) is 9.59 Å². The van der Waals surface area contributed by atoms with Gasteiger partial charge in [0.15, 0.2) is 0 Å². The Labute approximate surface area is 173 Å². The van der Waals surface area contributed by atoms with Gasteiger partial charge >= 0.3 is 5.91 Å². The third-order valence-electron chi connectivity index (χ3n) is 4.54. The minimum Gasteiger partial charge on any atom is -0.507 e. The van der Waals surface area contributed by atoms with E-state index < -0.39 is 22.7 Å². The fourth-order valence-electron chi connectivity index (χ4n) is 3.17. The fourth-order valence-corrected chi connectivity index (χ4v) is 3.89. The molecular formula is C19H13N5O5S. The topological polar surface area (TPSA) is 139 Å². The Morgan fingerprint density at radius 2 is 1.80 bits per heavy atom. The summed E-state index contributed by atoms with van der Waals surface area (Å²) in [4.78, 5) is 41.2. The minimum atomic E-state index is -1.02. The highest BCUT2D eigenvalue weighted by atomic mass is 32.1. The Bertz CT molecular complexity index is 1190. The highest BCUT2D eigenvalue weighted by molar-refractivity contribution is 7.15. The molecule has 2 aromatic heterocycles. The van der Waals surface area contributed by atoms with Gasteiger partial charge < -0.3 is 5.11 Å². The van der Waals surface area contributed by atoms with Gasteiger partial charge in [-0.1, -0.05) is 11.3 Å². The first kappa shape index (κ1) is 19.3. The Morgan fingerprint density at radius 3 is 2.37 bits per heavy atom. The zero-order chi connectivity index (χ0) is 21.4. The van der Waals surface area contributed by atoms with Gasteiger partial charge in [0.2, 0.25) is 5.13 Å². The molecule has 1 unspecified atom stereocenters. The van der Waals surface area contributed by atoms with E-state index in [2.05, 4.69) is 15.2 Å². The van der Waals surface area contributed by atoms with Crippen LogP contribution in [0.1, 0.15) is 22.2 Å². The molecule has 0 saturated carbocycles. The van der Waals surface area contributed by atoms with E-state index in [1.165, 1.54) is 48.8 Å². The number of nitro benzene ring substituents is 1. The number of amides is 1. The molecule has 0 spiro atoms. The van der Waals surface area contributed by atoms with Crippen LogP contribution in [0, 0.1) is 17.0 Å². The van der Waals surface area contributed by atoms with Crippen LogP contribution in [-0.4, -0.2) is 36.9 Å². The van der Waals surface area contributed by atoms with Crippen LogP contribution in [0.25, 0.3) is 5.76 Å². The second-order valence-electron chi connectivity index (χ2n) is 6.36. The van der Waals surface area contributed by atoms with Gasteiger partial charge in [0, 0.05) is 30.1 Å². The van der Waals surface area contributed by atoms with E-state index in [0.29, 0.717) is 16.1 Å². The van der Waals surface area contributed by atoms with E-state index >= 15 is 0 Å². The van der Waals surface area contributed by atoms with Crippen molar-refractivity contribution in [1.29, 1.82) is 0 Å². The summed E-state index contributed by atoms with van der Waals surface area (Å²) >= 11 is 1.12. The Hall–Kier alpha value is -3.99. The van der Waals surface area contributed by atoms with Crippen molar-refractivity contribution in [3.63, 3.8) is 0 Å². The van der Waals surface area contributed by atoms with E-state index in [1.54, 1.807) is 6.92 Å². The predicted molar refractivity (Wildman–Crippen MR) is 107 cm³/mol. The average molecular weight is 423 g/mol. The quantitative estimate of drug-likeness (QED) is 0.222. The number of hydrogen-bond donors (Lipinski definition) is 1. The molecule has 1 aromatic carbocycles.